The molecular formula is C17H17N3O5S. The van der Waals surface area contributed by atoms with E-state index in [0.29, 0.717) is 11.4 Å². The van der Waals surface area contributed by atoms with Crippen LogP contribution in [0.1, 0.15) is 5.56 Å². The monoisotopic (exact) mass is 375 g/mol. The lowest BCUT2D eigenvalue weighted by molar-refractivity contribution is -0.384. The average molecular weight is 375 g/mol. The zero-order valence-corrected chi connectivity index (χ0v) is 15.0. The van der Waals surface area contributed by atoms with Crippen molar-refractivity contribution in [2.24, 2.45) is 0 Å². The van der Waals surface area contributed by atoms with E-state index >= 15 is 0 Å². The number of aryl methyl sites for hydroxylation is 1. The van der Waals surface area contributed by atoms with Crippen molar-refractivity contribution in [3.8, 4) is 11.5 Å². The van der Waals surface area contributed by atoms with E-state index in [-0.39, 0.29) is 23.2 Å². The van der Waals surface area contributed by atoms with Gasteiger partial charge in [-0.2, -0.15) is 0 Å². The number of ether oxygens (including phenoxy) is 2. The molecule has 2 aromatic rings. The summed E-state index contributed by atoms with van der Waals surface area (Å²) >= 11 is 5.06. The van der Waals surface area contributed by atoms with Gasteiger partial charge in [-0.3, -0.25) is 20.2 Å². The van der Waals surface area contributed by atoms with Crippen LogP contribution in [0.15, 0.2) is 42.5 Å². The van der Waals surface area contributed by atoms with Gasteiger partial charge in [0.1, 0.15) is 11.5 Å². The predicted octanol–water partition coefficient (Wildman–Crippen LogP) is 2.80. The zero-order chi connectivity index (χ0) is 19.1. The first kappa shape index (κ1) is 19.1. The number of hydrogen-bond donors (Lipinski definition) is 2. The van der Waals surface area contributed by atoms with Gasteiger partial charge in [-0.1, -0.05) is 17.7 Å². The lowest BCUT2D eigenvalue weighted by atomic mass is 10.2. The first-order valence-corrected chi connectivity index (χ1v) is 7.92. The Morgan fingerprint density at radius 3 is 2.54 bits per heavy atom. The quantitative estimate of drug-likeness (QED) is 0.455. The minimum Gasteiger partial charge on any atom is -0.494 e. The molecule has 0 saturated carbocycles. The molecule has 0 bridgehead atoms. The number of benzene rings is 2. The van der Waals surface area contributed by atoms with Gasteiger partial charge in [0.25, 0.3) is 11.6 Å². The summed E-state index contributed by atoms with van der Waals surface area (Å²) in [7, 11) is 1.38. The lowest BCUT2D eigenvalue weighted by Gasteiger charge is -2.13. The van der Waals surface area contributed by atoms with Crippen LogP contribution in [-0.4, -0.2) is 29.7 Å². The number of hydrogen-bond acceptors (Lipinski definition) is 6. The van der Waals surface area contributed by atoms with Crippen molar-refractivity contribution in [1.29, 1.82) is 0 Å². The van der Waals surface area contributed by atoms with Gasteiger partial charge in [0, 0.05) is 6.07 Å². The summed E-state index contributed by atoms with van der Waals surface area (Å²) in [4.78, 5) is 22.2. The predicted molar refractivity (Wildman–Crippen MR) is 101 cm³/mol. The Hall–Kier alpha value is -3.20. The van der Waals surface area contributed by atoms with Crippen LogP contribution in [0.25, 0.3) is 0 Å². The maximum Gasteiger partial charge on any atom is 0.273 e. The average Bonchev–Trinajstić information content (AvgIpc) is 2.61. The van der Waals surface area contributed by atoms with Gasteiger partial charge >= 0.3 is 0 Å². The molecule has 0 aliphatic carbocycles. The van der Waals surface area contributed by atoms with Gasteiger partial charge < -0.3 is 14.8 Å². The van der Waals surface area contributed by atoms with Crippen LogP contribution in [0.4, 0.5) is 11.4 Å². The van der Waals surface area contributed by atoms with E-state index in [2.05, 4.69) is 10.6 Å². The molecule has 0 radical (unpaired) electrons. The summed E-state index contributed by atoms with van der Waals surface area (Å²) in [5.41, 5.74) is 1.36. The maximum atomic E-state index is 11.9. The molecule has 2 aromatic carbocycles. The number of thiocarbonyl (C=S) groups is 1. The molecule has 0 aliphatic heterocycles. The molecule has 0 aromatic heterocycles. The van der Waals surface area contributed by atoms with Gasteiger partial charge in [-0.25, -0.2) is 0 Å². The molecule has 0 unspecified atom stereocenters. The molecule has 0 aliphatic rings. The van der Waals surface area contributed by atoms with E-state index in [1.807, 2.05) is 19.1 Å². The third-order valence-corrected chi connectivity index (χ3v) is 3.49. The van der Waals surface area contributed by atoms with E-state index < -0.39 is 10.8 Å². The third kappa shape index (κ3) is 5.42. The number of nitrogens with zero attached hydrogens (tertiary/aromatic N) is 1. The second-order valence-corrected chi connectivity index (χ2v) is 5.65. The minimum absolute atomic E-state index is 0.0228. The number of anilines is 1. The highest BCUT2D eigenvalue weighted by Crippen LogP contribution is 2.28. The molecule has 0 fully saturated rings. The molecule has 9 heteroatoms. The summed E-state index contributed by atoms with van der Waals surface area (Å²) < 4.78 is 10.5. The van der Waals surface area contributed by atoms with Gasteiger partial charge in [0.05, 0.1) is 23.8 Å². The summed E-state index contributed by atoms with van der Waals surface area (Å²) in [5, 5.41) is 16.0. The number of carbonyl (C=O) groups is 1. The second kappa shape index (κ2) is 8.77. The molecule has 26 heavy (non-hydrogen) atoms. The fraction of sp³-hybridized carbons (Fsp3) is 0.176. The van der Waals surface area contributed by atoms with Crippen LogP contribution in [0.3, 0.4) is 0 Å². The van der Waals surface area contributed by atoms with Crippen LogP contribution in [0, 0.1) is 17.0 Å². The molecule has 2 N–H and O–H groups in total. The Morgan fingerprint density at radius 2 is 1.92 bits per heavy atom. The lowest BCUT2D eigenvalue weighted by Crippen LogP contribution is -2.37. The van der Waals surface area contributed by atoms with Crippen LogP contribution in [-0.2, 0) is 4.79 Å². The molecule has 2 rings (SSSR count). The fourth-order valence-corrected chi connectivity index (χ4v) is 2.22. The smallest absolute Gasteiger partial charge is 0.273 e. The van der Waals surface area contributed by atoms with E-state index in [1.54, 1.807) is 12.1 Å². The number of rotatable bonds is 6. The van der Waals surface area contributed by atoms with Gasteiger partial charge in [-0.05, 0) is 37.3 Å². The number of methoxy groups -OCH3 is 1. The van der Waals surface area contributed by atoms with Crippen molar-refractivity contribution in [3.63, 3.8) is 0 Å². The number of non-ortho nitro benzene ring substituents is 1. The molecule has 136 valence electrons. The van der Waals surface area contributed by atoms with E-state index in [9.17, 15) is 14.9 Å². The van der Waals surface area contributed by atoms with Crippen molar-refractivity contribution in [2.45, 2.75) is 6.92 Å². The minimum atomic E-state index is -0.533. The Morgan fingerprint density at radius 1 is 1.23 bits per heavy atom. The van der Waals surface area contributed by atoms with E-state index in [0.717, 1.165) is 5.56 Å². The maximum absolute atomic E-state index is 11.9. The molecule has 0 atom stereocenters. The van der Waals surface area contributed by atoms with Crippen LogP contribution >= 0.6 is 12.2 Å². The zero-order valence-electron chi connectivity index (χ0n) is 14.1. The molecule has 0 spiro atoms. The number of nitro benzene ring substituents is 1. The van der Waals surface area contributed by atoms with Crippen molar-refractivity contribution in [2.75, 3.05) is 19.0 Å². The van der Waals surface area contributed by atoms with E-state index in [1.165, 1.54) is 25.3 Å². The highest BCUT2D eigenvalue weighted by Gasteiger charge is 2.13. The van der Waals surface area contributed by atoms with Gasteiger partial charge in [0.15, 0.2) is 11.7 Å². The van der Waals surface area contributed by atoms with Crippen molar-refractivity contribution < 1.29 is 19.2 Å². The van der Waals surface area contributed by atoms with E-state index in [4.69, 9.17) is 21.7 Å². The summed E-state index contributed by atoms with van der Waals surface area (Å²) in [6.07, 6.45) is 0. The topological polar surface area (TPSA) is 103 Å². The standard InChI is InChI=1S/C17H17N3O5S/c1-11-3-6-13(7-4-11)25-10-16(21)19-17(26)18-14-8-5-12(20(22)23)9-15(14)24-2/h3-9H,10H2,1-2H3,(H2,18,19,21,26). The normalized spacial score (nSPS) is 9.92. The third-order valence-electron chi connectivity index (χ3n) is 3.29. The SMILES string of the molecule is COc1cc([N+](=O)[O-])ccc1NC(=S)NC(=O)COc1ccc(C)cc1. The second-order valence-electron chi connectivity index (χ2n) is 5.25. The Kier molecular flexibility index (Phi) is 6.45. The summed E-state index contributed by atoms with van der Waals surface area (Å²) in [5.74, 6) is 0.359. The van der Waals surface area contributed by atoms with Crippen molar-refractivity contribution in [1.82, 2.24) is 5.32 Å². The highest BCUT2D eigenvalue weighted by molar-refractivity contribution is 7.80. The summed E-state index contributed by atoms with van der Waals surface area (Å²) in [6, 6.07) is 11.3. The van der Waals surface area contributed by atoms with Gasteiger partial charge in [0.2, 0.25) is 0 Å². The van der Waals surface area contributed by atoms with Crippen molar-refractivity contribution >= 4 is 34.6 Å². The number of amides is 1. The number of carbonyl (C=O) groups excluding carboxylic acids is 1. The summed E-state index contributed by atoms with van der Waals surface area (Å²) in [6.45, 7) is 1.75. The first-order chi connectivity index (χ1) is 12.4. The number of nitrogens with one attached hydrogen (secondary N) is 2. The Bertz CT molecular complexity index is 824. The van der Waals surface area contributed by atoms with Gasteiger partial charge in [-0.15, -0.1) is 0 Å². The van der Waals surface area contributed by atoms with Crippen LogP contribution in [0.2, 0.25) is 0 Å². The Labute approximate surface area is 155 Å². The largest absolute Gasteiger partial charge is 0.494 e. The molecule has 1 amide bonds. The van der Waals surface area contributed by atoms with Crippen LogP contribution < -0.4 is 20.1 Å². The fourth-order valence-electron chi connectivity index (χ4n) is 2.00. The Balaban J connectivity index is 1.90. The first-order valence-electron chi connectivity index (χ1n) is 7.52. The number of nitro groups is 1. The molecule has 8 nitrogen and oxygen atoms in total. The van der Waals surface area contributed by atoms with Crippen molar-refractivity contribution in [3.05, 3.63) is 58.1 Å². The van der Waals surface area contributed by atoms with Crippen LogP contribution in [0.5, 0.6) is 11.5 Å². The highest BCUT2D eigenvalue weighted by atomic mass is 32.1. The molecule has 0 heterocycles. The molecular weight excluding hydrogens is 358 g/mol. The molecule has 0 saturated heterocycles.